The minimum atomic E-state index is -0.330. The molecule has 1 aromatic heterocycles. The molecule has 1 aromatic carbocycles. The fourth-order valence-corrected chi connectivity index (χ4v) is 3.64. The van der Waals surface area contributed by atoms with Crippen molar-refractivity contribution >= 4 is 32.6 Å². The summed E-state index contributed by atoms with van der Waals surface area (Å²) in [4.78, 5) is 17.0. The van der Waals surface area contributed by atoms with Crippen LogP contribution in [0.2, 0.25) is 0 Å². The predicted molar refractivity (Wildman–Crippen MR) is 85.7 cm³/mol. The fraction of sp³-hybridized carbons (Fsp3) is 0.500. The van der Waals surface area contributed by atoms with Crippen molar-refractivity contribution in [2.24, 2.45) is 11.3 Å². The number of aromatic nitrogens is 1. The summed E-state index contributed by atoms with van der Waals surface area (Å²) < 4.78 is 12.1. The monoisotopic (exact) mass is 318 g/mol. The maximum absolute atomic E-state index is 12.5. The highest BCUT2D eigenvalue weighted by atomic mass is 32.1. The average molecular weight is 318 g/mol. The number of nitrogens with one attached hydrogen (secondary N) is 1. The Hall–Kier alpha value is -1.82. The Kier molecular flexibility index (Phi) is 3.04. The number of ether oxygens (including phenoxy) is 2. The van der Waals surface area contributed by atoms with Gasteiger partial charge in [0.05, 0.1) is 10.2 Å². The van der Waals surface area contributed by atoms with Gasteiger partial charge in [-0.25, -0.2) is 4.98 Å². The van der Waals surface area contributed by atoms with Gasteiger partial charge in [0.2, 0.25) is 5.91 Å². The van der Waals surface area contributed by atoms with Gasteiger partial charge in [-0.2, -0.15) is 0 Å². The van der Waals surface area contributed by atoms with Crippen molar-refractivity contribution in [2.75, 3.05) is 18.5 Å². The van der Waals surface area contributed by atoms with Crippen LogP contribution < -0.4 is 14.8 Å². The van der Waals surface area contributed by atoms with Gasteiger partial charge in [-0.05, 0) is 18.8 Å². The van der Waals surface area contributed by atoms with E-state index in [2.05, 4.69) is 10.3 Å². The second-order valence-corrected chi connectivity index (χ2v) is 7.46. The summed E-state index contributed by atoms with van der Waals surface area (Å²) in [5, 5.41) is 3.61. The maximum atomic E-state index is 12.5. The van der Waals surface area contributed by atoms with Crippen LogP contribution in [0, 0.1) is 11.3 Å². The minimum absolute atomic E-state index is 0.0475. The molecule has 0 spiro atoms. The Morgan fingerprint density at radius 3 is 2.64 bits per heavy atom. The van der Waals surface area contributed by atoms with E-state index in [0.717, 1.165) is 34.6 Å². The highest BCUT2D eigenvalue weighted by Crippen LogP contribution is 2.46. The molecule has 2 aliphatic rings. The van der Waals surface area contributed by atoms with Crippen LogP contribution in [0.5, 0.6) is 11.5 Å². The summed E-state index contributed by atoms with van der Waals surface area (Å²) >= 11 is 1.47. The molecule has 0 radical (unpaired) electrons. The molecule has 1 N–H and O–H groups in total. The quantitative estimate of drug-likeness (QED) is 0.941. The van der Waals surface area contributed by atoms with Crippen molar-refractivity contribution in [1.29, 1.82) is 0 Å². The molecule has 5 nitrogen and oxygen atoms in total. The van der Waals surface area contributed by atoms with Crippen molar-refractivity contribution in [2.45, 2.75) is 26.7 Å². The Morgan fingerprint density at radius 2 is 1.95 bits per heavy atom. The number of amides is 1. The van der Waals surface area contributed by atoms with Gasteiger partial charge in [-0.3, -0.25) is 4.79 Å². The molecule has 1 aliphatic carbocycles. The molecule has 0 bridgehead atoms. The van der Waals surface area contributed by atoms with Crippen LogP contribution in [0.4, 0.5) is 5.13 Å². The van der Waals surface area contributed by atoms with Crippen LogP contribution in [-0.4, -0.2) is 24.1 Å². The zero-order valence-corrected chi connectivity index (χ0v) is 13.5. The number of benzene rings is 1. The van der Waals surface area contributed by atoms with Gasteiger partial charge in [-0.1, -0.05) is 25.2 Å². The number of rotatable bonds is 3. The number of carbonyl (C=O) groups is 1. The molecule has 1 saturated carbocycles. The molecule has 2 aromatic rings. The molecule has 116 valence electrons. The number of nitrogens with zero attached hydrogens (tertiary/aromatic N) is 1. The van der Waals surface area contributed by atoms with Gasteiger partial charge in [0.25, 0.3) is 0 Å². The van der Waals surface area contributed by atoms with E-state index in [1.54, 1.807) is 0 Å². The molecule has 22 heavy (non-hydrogen) atoms. The zero-order chi connectivity index (χ0) is 15.3. The van der Waals surface area contributed by atoms with Crippen LogP contribution in [-0.2, 0) is 4.79 Å². The Morgan fingerprint density at radius 1 is 1.27 bits per heavy atom. The summed E-state index contributed by atoms with van der Waals surface area (Å²) in [6.45, 7) is 5.14. The number of carbonyl (C=O) groups excluding carboxylic acids is 1. The van der Waals surface area contributed by atoms with Crippen molar-refractivity contribution in [3.8, 4) is 11.5 Å². The van der Waals surface area contributed by atoms with Crippen molar-refractivity contribution < 1.29 is 14.3 Å². The van der Waals surface area contributed by atoms with Gasteiger partial charge in [-0.15, -0.1) is 0 Å². The summed E-state index contributed by atoms with van der Waals surface area (Å²) in [5.74, 6) is 2.01. The van der Waals surface area contributed by atoms with Crippen LogP contribution in [0.1, 0.15) is 26.7 Å². The summed E-state index contributed by atoms with van der Waals surface area (Å²) in [6.07, 6.45) is 2.28. The van der Waals surface area contributed by atoms with E-state index in [9.17, 15) is 4.79 Å². The molecular formula is C16H18N2O3S. The maximum Gasteiger partial charge on any atom is 0.232 e. The molecular weight excluding hydrogens is 300 g/mol. The third-order valence-electron chi connectivity index (χ3n) is 4.46. The summed E-state index contributed by atoms with van der Waals surface area (Å²) in [5.41, 5.74) is 0.498. The molecule has 2 heterocycles. The average Bonchev–Trinajstić information content (AvgIpc) is 3.27. The number of fused-ring (bicyclic) bond motifs is 2. The topological polar surface area (TPSA) is 60.5 Å². The first-order valence-electron chi connectivity index (χ1n) is 7.56. The molecule has 1 amide bonds. The van der Waals surface area contributed by atoms with Gasteiger partial charge in [0.1, 0.15) is 13.2 Å². The fourth-order valence-electron chi connectivity index (χ4n) is 2.77. The number of thiazole rings is 1. The van der Waals surface area contributed by atoms with E-state index in [4.69, 9.17) is 9.47 Å². The van der Waals surface area contributed by atoms with Crippen molar-refractivity contribution in [1.82, 2.24) is 4.98 Å². The molecule has 0 saturated heterocycles. The third kappa shape index (κ3) is 2.31. The Labute approximate surface area is 132 Å². The Balaban J connectivity index is 1.61. The van der Waals surface area contributed by atoms with Gasteiger partial charge in [0, 0.05) is 17.5 Å². The molecule has 0 atom stereocenters. The van der Waals surface area contributed by atoms with Crippen LogP contribution in [0.25, 0.3) is 10.2 Å². The number of hydrogen-bond donors (Lipinski definition) is 1. The second kappa shape index (κ2) is 4.84. The van der Waals surface area contributed by atoms with E-state index in [0.29, 0.717) is 24.3 Å². The van der Waals surface area contributed by atoms with E-state index < -0.39 is 0 Å². The highest BCUT2D eigenvalue weighted by molar-refractivity contribution is 7.22. The first-order valence-corrected chi connectivity index (χ1v) is 8.37. The Bertz CT molecular complexity index is 706. The normalized spacial score (nSPS) is 17.5. The summed E-state index contributed by atoms with van der Waals surface area (Å²) in [7, 11) is 0. The van der Waals surface area contributed by atoms with E-state index >= 15 is 0 Å². The van der Waals surface area contributed by atoms with Crippen LogP contribution >= 0.6 is 11.3 Å². The lowest BCUT2D eigenvalue weighted by Gasteiger charge is -2.22. The first kappa shape index (κ1) is 13.8. The lowest BCUT2D eigenvalue weighted by atomic mass is 9.86. The lowest BCUT2D eigenvalue weighted by molar-refractivity contribution is -0.124. The number of hydrogen-bond acceptors (Lipinski definition) is 5. The second-order valence-electron chi connectivity index (χ2n) is 6.43. The van der Waals surface area contributed by atoms with E-state index in [1.807, 2.05) is 26.0 Å². The first-order chi connectivity index (χ1) is 10.5. The van der Waals surface area contributed by atoms with Gasteiger partial charge >= 0.3 is 0 Å². The molecule has 4 rings (SSSR count). The van der Waals surface area contributed by atoms with Gasteiger partial charge < -0.3 is 14.8 Å². The zero-order valence-electron chi connectivity index (χ0n) is 12.6. The smallest absolute Gasteiger partial charge is 0.232 e. The number of anilines is 1. The SMILES string of the molecule is CC(C)(C(=O)Nc1nc2cc3c(cc2s1)OCCO3)C1CC1. The van der Waals surface area contributed by atoms with E-state index in [1.165, 1.54) is 11.3 Å². The molecule has 0 unspecified atom stereocenters. The molecule has 1 fully saturated rings. The van der Waals surface area contributed by atoms with Crippen molar-refractivity contribution in [3.63, 3.8) is 0 Å². The van der Waals surface area contributed by atoms with Crippen molar-refractivity contribution in [3.05, 3.63) is 12.1 Å². The third-order valence-corrected chi connectivity index (χ3v) is 5.39. The minimum Gasteiger partial charge on any atom is -0.486 e. The molecule has 1 aliphatic heterocycles. The molecule has 6 heteroatoms. The van der Waals surface area contributed by atoms with Crippen LogP contribution in [0.3, 0.4) is 0 Å². The summed E-state index contributed by atoms with van der Waals surface area (Å²) in [6, 6.07) is 3.81. The lowest BCUT2D eigenvalue weighted by Crippen LogP contribution is -2.32. The van der Waals surface area contributed by atoms with Gasteiger partial charge in [0.15, 0.2) is 16.6 Å². The van der Waals surface area contributed by atoms with E-state index in [-0.39, 0.29) is 11.3 Å². The highest BCUT2D eigenvalue weighted by Gasteiger charge is 2.43. The van der Waals surface area contributed by atoms with Crippen LogP contribution in [0.15, 0.2) is 12.1 Å². The predicted octanol–water partition coefficient (Wildman–Crippen LogP) is 3.44. The standard InChI is InChI=1S/C16H18N2O3S/c1-16(2,9-3-4-9)14(19)18-15-17-10-7-11-12(8-13(10)22-15)21-6-5-20-11/h7-9H,3-6H2,1-2H3,(H,17,18,19). The largest absolute Gasteiger partial charge is 0.486 e.